The Hall–Kier alpha value is -2.67. The molecule has 0 spiro atoms. The average Bonchev–Trinajstić information content (AvgIpc) is 2.94. The fourth-order valence-corrected chi connectivity index (χ4v) is 4.70. The number of carboxylic acid groups (broad SMARTS) is 1. The number of nitrogens with zero attached hydrogens (tertiary/aromatic N) is 1. The molecule has 0 unspecified atom stereocenters. The van der Waals surface area contributed by atoms with Crippen LogP contribution in [0.25, 0.3) is 0 Å². The van der Waals surface area contributed by atoms with Crippen LogP contribution in [0, 0.1) is 6.92 Å². The van der Waals surface area contributed by atoms with Crippen molar-refractivity contribution in [3.05, 3.63) is 59.2 Å². The number of aldehydes is 1. The van der Waals surface area contributed by atoms with Crippen molar-refractivity contribution in [2.45, 2.75) is 24.2 Å². The largest absolute Gasteiger partial charge is 0.481 e. The van der Waals surface area contributed by atoms with Crippen molar-refractivity contribution in [1.29, 1.82) is 0 Å². The first-order valence-electron chi connectivity index (χ1n) is 7.74. The van der Waals surface area contributed by atoms with Crippen LogP contribution in [0.1, 0.15) is 33.8 Å². The highest BCUT2D eigenvalue weighted by atomic mass is 32.2. The Labute approximate surface area is 145 Å². The molecule has 7 heteroatoms. The van der Waals surface area contributed by atoms with Crippen LogP contribution >= 0.6 is 0 Å². The van der Waals surface area contributed by atoms with Crippen molar-refractivity contribution >= 4 is 28.0 Å². The van der Waals surface area contributed by atoms with Crippen LogP contribution in [0.4, 0.5) is 5.69 Å². The molecule has 0 saturated heterocycles. The summed E-state index contributed by atoms with van der Waals surface area (Å²) in [5.74, 6) is -1.60. The van der Waals surface area contributed by atoms with E-state index in [1.807, 2.05) is 6.92 Å². The smallest absolute Gasteiger partial charge is 0.304 e. The van der Waals surface area contributed by atoms with Gasteiger partial charge in [-0.15, -0.1) is 0 Å². The van der Waals surface area contributed by atoms with Gasteiger partial charge in [0.1, 0.15) is 6.29 Å². The Bertz CT molecular complexity index is 934. The predicted octanol–water partition coefficient (Wildman–Crippen LogP) is 2.57. The summed E-state index contributed by atoms with van der Waals surface area (Å²) in [6.07, 6.45) is 0.396. The Morgan fingerprint density at radius 2 is 1.92 bits per heavy atom. The summed E-state index contributed by atoms with van der Waals surface area (Å²) < 4.78 is 27.3. The molecule has 0 amide bonds. The molecule has 2 aromatic carbocycles. The number of rotatable bonds is 5. The summed E-state index contributed by atoms with van der Waals surface area (Å²) in [4.78, 5) is 22.7. The lowest BCUT2D eigenvalue weighted by Gasteiger charge is -2.20. The molecule has 0 saturated carbocycles. The Morgan fingerprint density at radius 3 is 2.52 bits per heavy atom. The SMILES string of the molecule is Cc1ccc(S(=O)(=O)N2C[C@H](CC(=O)O)c3c(C=O)cccc32)cc1. The number of sulfonamides is 1. The van der Waals surface area contributed by atoms with Crippen LogP contribution < -0.4 is 4.31 Å². The summed E-state index contributed by atoms with van der Waals surface area (Å²) in [7, 11) is -3.84. The zero-order chi connectivity index (χ0) is 18.2. The Balaban J connectivity index is 2.11. The fraction of sp³-hybridized carbons (Fsp3) is 0.222. The van der Waals surface area contributed by atoms with E-state index in [1.54, 1.807) is 30.3 Å². The number of hydrogen-bond acceptors (Lipinski definition) is 4. The quantitative estimate of drug-likeness (QED) is 0.829. The second kappa shape index (κ2) is 6.33. The van der Waals surface area contributed by atoms with Gasteiger partial charge in [-0.2, -0.15) is 0 Å². The number of benzene rings is 2. The second-order valence-electron chi connectivity index (χ2n) is 6.04. The highest BCUT2D eigenvalue weighted by Crippen LogP contribution is 2.42. The van der Waals surface area contributed by atoms with Gasteiger partial charge in [0.15, 0.2) is 0 Å². The highest BCUT2D eigenvalue weighted by molar-refractivity contribution is 7.92. The van der Waals surface area contributed by atoms with Crippen molar-refractivity contribution in [2.24, 2.45) is 0 Å². The molecule has 25 heavy (non-hydrogen) atoms. The van der Waals surface area contributed by atoms with Gasteiger partial charge in [0.25, 0.3) is 10.0 Å². The van der Waals surface area contributed by atoms with Gasteiger partial charge in [0.05, 0.1) is 17.0 Å². The van der Waals surface area contributed by atoms with Crippen LogP contribution in [0.5, 0.6) is 0 Å². The maximum atomic E-state index is 13.0. The molecule has 0 radical (unpaired) electrons. The van der Waals surface area contributed by atoms with Gasteiger partial charge in [0, 0.05) is 18.0 Å². The number of aliphatic carboxylic acids is 1. The number of fused-ring (bicyclic) bond motifs is 1. The first-order valence-corrected chi connectivity index (χ1v) is 9.18. The maximum absolute atomic E-state index is 13.0. The zero-order valence-electron chi connectivity index (χ0n) is 13.5. The minimum atomic E-state index is -3.84. The maximum Gasteiger partial charge on any atom is 0.304 e. The third-order valence-electron chi connectivity index (χ3n) is 4.34. The van der Waals surface area contributed by atoms with Gasteiger partial charge >= 0.3 is 5.97 Å². The third-order valence-corrected chi connectivity index (χ3v) is 6.13. The standard InChI is InChI=1S/C18H17NO5S/c1-12-5-7-15(8-6-12)25(23,24)19-10-14(9-17(21)22)18-13(11-20)3-2-4-16(18)19/h2-8,11,14H,9-10H2,1H3,(H,21,22)/t14-/m0/s1. The first-order chi connectivity index (χ1) is 11.8. The molecule has 0 bridgehead atoms. The summed E-state index contributed by atoms with van der Waals surface area (Å²) in [5, 5.41) is 9.14. The normalized spacial score (nSPS) is 16.5. The summed E-state index contributed by atoms with van der Waals surface area (Å²) >= 11 is 0. The molecule has 0 fully saturated rings. The van der Waals surface area contributed by atoms with Crippen molar-refractivity contribution in [1.82, 2.24) is 0 Å². The van der Waals surface area contributed by atoms with Crippen LogP contribution in [-0.4, -0.2) is 32.3 Å². The van der Waals surface area contributed by atoms with Gasteiger partial charge in [-0.25, -0.2) is 8.42 Å². The highest BCUT2D eigenvalue weighted by Gasteiger charge is 2.38. The van der Waals surface area contributed by atoms with Gasteiger partial charge in [-0.1, -0.05) is 29.8 Å². The molecule has 2 aromatic rings. The second-order valence-corrected chi connectivity index (χ2v) is 7.90. The van der Waals surface area contributed by atoms with Crippen LogP contribution in [0.3, 0.4) is 0 Å². The van der Waals surface area contributed by atoms with Gasteiger partial charge in [0.2, 0.25) is 0 Å². The van der Waals surface area contributed by atoms with E-state index < -0.39 is 21.9 Å². The van der Waals surface area contributed by atoms with Crippen molar-refractivity contribution in [3.63, 3.8) is 0 Å². The van der Waals surface area contributed by atoms with E-state index in [0.29, 0.717) is 23.1 Å². The predicted molar refractivity (Wildman–Crippen MR) is 92.5 cm³/mol. The van der Waals surface area contributed by atoms with Crippen LogP contribution in [0.2, 0.25) is 0 Å². The van der Waals surface area contributed by atoms with Crippen LogP contribution in [-0.2, 0) is 14.8 Å². The molecule has 1 aliphatic rings. The lowest BCUT2D eigenvalue weighted by molar-refractivity contribution is -0.137. The van der Waals surface area contributed by atoms with Gasteiger partial charge in [-0.3, -0.25) is 13.9 Å². The van der Waals surface area contributed by atoms with E-state index in [1.165, 1.54) is 16.4 Å². The van der Waals surface area contributed by atoms with E-state index in [4.69, 9.17) is 5.11 Å². The van der Waals surface area contributed by atoms with E-state index >= 15 is 0 Å². The minimum Gasteiger partial charge on any atom is -0.481 e. The lowest BCUT2D eigenvalue weighted by atomic mass is 9.94. The van der Waals surface area contributed by atoms with Gasteiger partial charge in [-0.05, 0) is 30.7 Å². The summed E-state index contributed by atoms with van der Waals surface area (Å²) in [6.45, 7) is 1.86. The number of aryl methyl sites for hydroxylation is 1. The number of hydrogen-bond donors (Lipinski definition) is 1. The Kier molecular flexibility index (Phi) is 4.34. The van der Waals surface area contributed by atoms with E-state index in [0.717, 1.165) is 5.56 Å². The number of carbonyl (C=O) groups excluding carboxylic acids is 1. The Morgan fingerprint density at radius 1 is 1.24 bits per heavy atom. The fourth-order valence-electron chi connectivity index (χ4n) is 3.17. The topological polar surface area (TPSA) is 91.8 Å². The van der Waals surface area contributed by atoms with Crippen molar-refractivity contribution < 1.29 is 23.1 Å². The lowest BCUT2D eigenvalue weighted by Crippen LogP contribution is -2.30. The molecular formula is C18H17NO5S. The molecule has 1 N–H and O–H groups in total. The molecule has 0 aliphatic carbocycles. The molecule has 0 aromatic heterocycles. The van der Waals surface area contributed by atoms with E-state index in [-0.39, 0.29) is 17.9 Å². The van der Waals surface area contributed by atoms with Crippen molar-refractivity contribution in [2.75, 3.05) is 10.8 Å². The molecule has 1 heterocycles. The first kappa shape index (κ1) is 17.2. The van der Waals surface area contributed by atoms with E-state index in [2.05, 4.69) is 0 Å². The molecule has 130 valence electrons. The monoisotopic (exact) mass is 359 g/mol. The molecule has 1 atom stereocenters. The summed E-state index contributed by atoms with van der Waals surface area (Å²) in [5.41, 5.74) is 2.12. The number of carboxylic acids is 1. The van der Waals surface area contributed by atoms with E-state index in [9.17, 15) is 18.0 Å². The number of anilines is 1. The minimum absolute atomic E-state index is 0.00268. The molecular weight excluding hydrogens is 342 g/mol. The number of carbonyl (C=O) groups is 2. The molecule has 3 rings (SSSR count). The zero-order valence-corrected chi connectivity index (χ0v) is 14.4. The molecule has 6 nitrogen and oxygen atoms in total. The van der Waals surface area contributed by atoms with Crippen molar-refractivity contribution in [3.8, 4) is 0 Å². The molecule has 1 aliphatic heterocycles. The summed E-state index contributed by atoms with van der Waals surface area (Å²) in [6, 6.07) is 11.2. The third kappa shape index (κ3) is 3.02. The average molecular weight is 359 g/mol. The van der Waals surface area contributed by atoms with Crippen LogP contribution in [0.15, 0.2) is 47.4 Å². The van der Waals surface area contributed by atoms with Gasteiger partial charge < -0.3 is 5.11 Å².